The number of rotatable bonds is 2. The minimum absolute atomic E-state index is 0.119. The van der Waals surface area contributed by atoms with Crippen molar-refractivity contribution in [3.63, 3.8) is 0 Å². The van der Waals surface area contributed by atoms with Crippen molar-refractivity contribution in [2.75, 3.05) is 20.1 Å². The number of amides is 1. The summed E-state index contributed by atoms with van der Waals surface area (Å²) in [6.45, 7) is 5.84. The van der Waals surface area contributed by atoms with Gasteiger partial charge in [-0.2, -0.15) is 0 Å². The van der Waals surface area contributed by atoms with Crippen LogP contribution in [0.25, 0.3) is 0 Å². The summed E-state index contributed by atoms with van der Waals surface area (Å²) >= 11 is 0. The van der Waals surface area contributed by atoms with Gasteiger partial charge in [0.1, 0.15) is 0 Å². The molecule has 3 heteroatoms. The van der Waals surface area contributed by atoms with E-state index in [1.165, 1.54) is 0 Å². The van der Waals surface area contributed by atoms with Crippen LogP contribution in [0.1, 0.15) is 20.3 Å². The molecule has 0 radical (unpaired) electrons. The molecule has 13 heavy (non-hydrogen) atoms. The summed E-state index contributed by atoms with van der Waals surface area (Å²) in [4.78, 5) is 13.4. The second-order valence-electron chi connectivity index (χ2n) is 3.82. The summed E-state index contributed by atoms with van der Waals surface area (Å²) < 4.78 is 0. The highest BCUT2D eigenvalue weighted by molar-refractivity contribution is 5.88. The van der Waals surface area contributed by atoms with Gasteiger partial charge < -0.3 is 10.2 Å². The van der Waals surface area contributed by atoms with Gasteiger partial charge in [-0.15, -0.1) is 0 Å². The lowest BCUT2D eigenvalue weighted by Gasteiger charge is -2.22. The molecular formula is C10H18N2O. The molecule has 0 saturated carbocycles. The maximum Gasteiger partial charge on any atom is 0.246 e. The van der Waals surface area contributed by atoms with Crippen molar-refractivity contribution in [3.05, 3.63) is 11.6 Å². The lowest BCUT2D eigenvalue weighted by Crippen LogP contribution is -2.37. The van der Waals surface area contributed by atoms with Gasteiger partial charge in [-0.25, -0.2) is 0 Å². The predicted octanol–water partition coefficient (Wildman–Crippen LogP) is 0.773. The Bertz CT molecular complexity index is 213. The first-order valence-corrected chi connectivity index (χ1v) is 4.73. The maximum absolute atomic E-state index is 11.6. The summed E-state index contributed by atoms with van der Waals surface area (Å²) in [6, 6.07) is 0.378. The van der Waals surface area contributed by atoms with Crippen LogP contribution in [0.15, 0.2) is 11.6 Å². The van der Waals surface area contributed by atoms with Gasteiger partial charge >= 0.3 is 0 Å². The smallest absolute Gasteiger partial charge is 0.246 e. The first-order valence-electron chi connectivity index (χ1n) is 4.73. The number of carbonyl (C=O) groups is 1. The SMILES string of the molecule is CC(C)=CC(=O)N(C)C1CCNC1. The summed E-state index contributed by atoms with van der Waals surface area (Å²) in [7, 11) is 1.87. The minimum atomic E-state index is 0.119. The van der Waals surface area contributed by atoms with Crippen LogP contribution in [0.2, 0.25) is 0 Å². The average Bonchev–Trinajstić information content (AvgIpc) is 2.53. The van der Waals surface area contributed by atoms with E-state index >= 15 is 0 Å². The van der Waals surface area contributed by atoms with Crippen molar-refractivity contribution in [3.8, 4) is 0 Å². The average molecular weight is 182 g/mol. The lowest BCUT2D eigenvalue weighted by atomic mass is 10.2. The van der Waals surface area contributed by atoms with E-state index in [-0.39, 0.29) is 5.91 Å². The standard InChI is InChI=1S/C10H18N2O/c1-8(2)6-10(13)12(3)9-4-5-11-7-9/h6,9,11H,4-5,7H2,1-3H3. The number of allylic oxidation sites excluding steroid dienone is 1. The van der Waals surface area contributed by atoms with E-state index in [2.05, 4.69) is 5.32 Å². The largest absolute Gasteiger partial charge is 0.338 e. The van der Waals surface area contributed by atoms with Crippen molar-refractivity contribution in [1.82, 2.24) is 10.2 Å². The minimum Gasteiger partial charge on any atom is -0.338 e. The molecular weight excluding hydrogens is 164 g/mol. The summed E-state index contributed by atoms with van der Waals surface area (Å²) in [5.41, 5.74) is 1.06. The van der Waals surface area contributed by atoms with Crippen molar-refractivity contribution in [1.29, 1.82) is 0 Å². The third-order valence-corrected chi connectivity index (χ3v) is 2.34. The molecule has 1 amide bonds. The lowest BCUT2D eigenvalue weighted by molar-refractivity contribution is -0.126. The molecule has 1 unspecified atom stereocenters. The zero-order chi connectivity index (χ0) is 9.84. The Hall–Kier alpha value is -0.830. The first-order chi connectivity index (χ1) is 6.11. The van der Waals surface area contributed by atoms with Gasteiger partial charge in [0.15, 0.2) is 0 Å². The van der Waals surface area contributed by atoms with Gasteiger partial charge in [-0.1, -0.05) is 5.57 Å². The third kappa shape index (κ3) is 2.84. The molecule has 1 saturated heterocycles. The predicted molar refractivity (Wildman–Crippen MR) is 53.5 cm³/mol. The molecule has 1 aliphatic rings. The van der Waals surface area contributed by atoms with E-state index in [9.17, 15) is 4.79 Å². The van der Waals surface area contributed by atoms with E-state index in [4.69, 9.17) is 0 Å². The molecule has 3 nitrogen and oxygen atoms in total. The zero-order valence-corrected chi connectivity index (χ0v) is 8.63. The topological polar surface area (TPSA) is 32.3 Å². The van der Waals surface area contributed by atoms with Crippen LogP contribution in [-0.2, 0) is 4.79 Å². The molecule has 1 rings (SSSR count). The molecule has 0 spiro atoms. The van der Waals surface area contributed by atoms with E-state index < -0.39 is 0 Å². The van der Waals surface area contributed by atoms with Gasteiger partial charge in [0.2, 0.25) is 5.91 Å². The highest BCUT2D eigenvalue weighted by Crippen LogP contribution is 2.07. The van der Waals surface area contributed by atoms with Crippen LogP contribution in [0, 0.1) is 0 Å². The van der Waals surface area contributed by atoms with Gasteiger partial charge in [-0.05, 0) is 26.8 Å². The zero-order valence-electron chi connectivity index (χ0n) is 8.63. The number of carbonyl (C=O) groups excluding carboxylic acids is 1. The second kappa shape index (κ2) is 4.42. The Labute approximate surface area is 79.8 Å². The van der Waals surface area contributed by atoms with Crippen LogP contribution in [-0.4, -0.2) is 37.0 Å². The molecule has 1 fully saturated rings. The number of likely N-dealkylation sites (N-methyl/N-ethyl adjacent to an activating group) is 1. The van der Waals surface area contributed by atoms with Crippen molar-refractivity contribution in [2.45, 2.75) is 26.3 Å². The molecule has 0 bridgehead atoms. The quantitative estimate of drug-likeness (QED) is 0.640. The molecule has 1 atom stereocenters. The Morgan fingerprint density at radius 2 is 2.23 bits per heavy atom. The van der Waals surface area contributed by atoms with Crippen LogP contribution >= 0.6 is 0 Å². The number of hydrogen-bond donors (Lipinski definition) is 1. The molecule has 1 N–H and O–H groups in total. The maximum atomic E-state index is 11.6. The molecule has 1 heterocycles. The second-order valence-corrected chi connectivity index (χ2v) is 3.82. The molecule has 74 valence electrons. The van der Waals surface area contributed by atoms with Crippen molar-refractivity contribution >= 4 is 5.91 Å². The molecule has 0 aromatic heterocycles. The van der Waals surface area contributed by atoms with Crippen molar-refractivity contribution in [2.24, 2.45) is 0 Å². The normalized spacial score (nSPS) is 21.3. The first kappa shape index (κ1) is 10.3. The molecule has 1 aliphatic heterocycles. The fourth-order valence-corrected chi connectivity index (χ4v) is 1.50. The summed E-state index contributed by atoms with van der Waals surface area (Å²) in [5, 5.41) is 3.25. The van der Waals surface area contributed by atoms with E-state index in [0.29, 0.717) is 6.04 Å². The van der Waals surface area contributed by atoms with Gasteiger partial charge in [-0.3, -0.25) is 4.79 Å². The number of nitrogens with one attached hydrogen (secondary N) is 1. The Balaban J connectivity index is 2.50. The molecule has 0 aromatic rings. The number of nitrogens with zero attached hydrogens (tertiary/aromatic N) is 1. The molecule has 0 aromatic carbocycles. The monoisotopic (exact) mass is 182 g/mol. The van der Waals surface area contributed by atoms with Crippen LogP contribution in [0.4, 0.5) is 0 Å². The van der Waals surface area contributed by atoms with Crippen LogP contribution in [0.3, 0.4) is 0 Å². The van der Waals surface area contributed by atoms with E-state index in [0.717, 1.165) is 25.1 Å². The highest BCUT2D eigenvalue weighted by atomic mass is 16.2. The summed E-state index contributed by atoms with van der Waals surface area (Å²) in [6.07, 6.45) is 2.76. The van der Waals surface area contributed by atoms with E-state index in [1.54, 1.807) is 6.08 Å². The Morgan fingerprint density at radius 3 is 2.69 bits per heavy atom. The van der Waals surface area contributed by atoms with Gasteiger partial charge in [0, 0.05) is 25.7 Å². The van der Waals surface area contributed by atoms with Gasteiger partial charge in [0.05, 0.1) is 0 Å². The molecule has 0 aliphatic carbocycles. The fraction of sp³-hybridized carbons (Fsp3) is 0.700. The Kier molecular flexibility index (Phi) is 3.48. The van der Waals surface area contributed by atoms with Gasteiger partial charge in [0.25, 0.3) is 0 Å². The number of hydrogen-bond acceptors (Lipinski definition) is 2. The fourth-order valence-electron chi connectivity index (χ4n) is 1.50. The van der Waals surface area contributed by atoms with Crippen molar-refractivity contribution < 1.29 is 4.79 Å². The van der Waals surface area contributed by atoms with Crippen LogP contribution in [0.5, 0.6) is 0 Å². The Morgan fingerprint density at radius 1 is 1.54 bits per heavy atom. The van der Waals surface area contributed by atoms with Crippen LogP contribution < -0.4 is 5.32 Å². The third-order valence-electron chi connectivity index (χ3n) is 2.34. The highest BCUT2D eigenvalue weighted by Gasteiger charge is 2.21. The summed E-state index contributed by atoms with van der Waals surface area (Å²) in [5.74, 6) is 0.119. The van der Waals surface area contributed by atoms with E-state index in [1.807, 2.05) is 25.8 Å².